The summed E-state index contributed by atoms with van der Waals surface area (Å²) >= 11 is 0. The zero-order valence-corrected chi connectivity index (χ0v) is 6.03. The van der Waals surface area contributed by atoms with Crippen LogP contribution in [0.25, 0.3) is 0 Å². The molecule has 5 atom stereocenters. The van der Waals surface area contributed by atoms with E-state index in [0.717, 1.165) is 0 Å². The second-order valence-corrected chi connectivity index (χ2v) is 2.55. The van der Waals surface area contributed by atoms with Gasteiger partial charge in [0.2, 0.25) is 0 Å². The maximum absolute atomic E-state index is 9.06. The van der Waals surface area contributed by atoms with E-state index in [4.69, 9.17) is 25.7 Å². The van der Waals surface area contributed by atoms with E-state index in [9.17, 15) is 0 Å². The average molecular weight is 175 g/mol. The van der Waals surface area contributed by atoms with Crippen LogP contribution < -0.4 is 0 Å². The van der Waals surface area contributed by atoms with Crippen LogP contribution in [0.2, 0.25) is 0 Å². The van der Waals surface area contributed by atoms with Crippen LogP contribution in [0.3, 0.4) is 0 Å². The van der Waals surface area contributed by atoms with Crippen molar-refractivity contribution < 1.29 is 25.2 Å². The van der Waals surface area contributed by atoms with Crippen molar-refractivity contribution in [1.29, 1.82) is 5.26 Å². The van der Waals surface area contributed by atoms with Gasteiger partial charge >= 0.3 is 0 Å². The summed E-state index contributed by atoms with van der Waals surface area (Å²) in [6.45, 7) is 0. The Bertz CT molecular complexity index is 203. The summed E-state index contributed by atoms with van der Waals surface area (Å²) in [4.78, 5) is 0. The number of aliphatic hydroxyl groups excluding tert-OH is 4. The predicted octanol–water partition coefficient (Wildman–Crippen LogP) is -2.69. The number of hydrogen-bond acceptors (Lipinski definition) is 6. The van der Waals surface area contributed by atoms with Gasteiger partial charge in [-0.15, -0.1) is 0 Å². The van der Waals surface area contributed by atoms with E-state index < -0.39 is 30.7 Å². The zero-order valence-electron chi connectivity index (χ0n) is 6.03. The Morgan fingerprint density at radius 1 is 1.00 bits per heavy atom. The minimum Gasteiger partial charge on any atom is -0.387 e. The number of nitrogens with zero attached hydrogens (tertiary/aromatic N) is 1. The largest absolute Gasteiger partial charge is 0.387 e. The Morgan fingerprint density at radius 2 is 1.58 bits per heavy atom. The quantitative estimate of drug-likeness (QED) is 0.319. The fourth-order valence-electron chi connectivity index (χ4n) is 0.968. The van der Waals surface area contributed by atoms with Crippen molar-refractivity contribution in [2.24, 2.45) is 0 Å². The van der Waals surface area contributed by atoms with Crippen LogP contribution in [0, 0.1) is 11.3 Å². The summed E-state index contributed by atoms with van der Waals surface area (Å²) in [5.41, 5.74) is 0. The normalized spacial score (nSPS) is 48.4. The summed E-state index contributed by atoms with van der Waals surface area (Å²) in [6.07, 6.45) is -7.57. The van der Waals surface area contributed by atoms with Gasteiger partial charge in [-0.1, -0.05) is 0 Å². The second-order valence-electron chi connectivity index (χ2n) is 2.55. The highest BCUT2D eigenvalue weighted by Crippen LogP contribution is 2.18. The van der Waals surface area contributed by atoms with Crippen LogP contribution in [-0.4, -0.2) is 51.1 Å². The molecule has 1 heterocycles. The molecule has 0 amide bonds. The average Bonchev–Trinajstić information content (AvgIpc) is 2.08. The third kappa shape index (κ3) is 1.41. The molecule has 0 radical (unpaired) electrons. The van der Waals surface area contributed by atoms with Gasteiger partial charge in [-0.2, -0.15) is 5.26 Å². The van der Waals surface area contributed by atoms with Gasteiger partial charge in [-0.3, -0.25) is 0 Å². The molecule has 0 saturated carbocycles. The standard InChI is InChI=1S/C6H9NO5/c7-1-2-3(8)4(9)5(10)6(11)12-2/h2-6,8-11H/t2?,3-,4?,5?,6-/m1/s1. The SMILES string of the molecule is N#CC1O[C@@H](O)C(O)C(O)[C@@H]1O. The third-order valence-corrected chi connectivity index (χ3v) is 1.72. The Hall–Kier alpha value is -0.710. The van der Waals surface area contributed by atoms with E-state index in [2.05, 4.69) is 4.74 Å². The summed E-state index contributed by atoms with van der Waals surface area (Å²) in [7, 11) is 0. The van der Waals surface area contributed by atoms with Crippen LogP contribution in [0.5, 0.6) is 0 Å². The molecule has 68 valence electrons. The van der Waals surface area contributed by atoms with Crippen LogP contribution in [0.15, 0.2) is 0 Å². The van der Waals surface area contributed by atoms with Crippen molar-refractivity contribution in [2.75, 3.05) is 0 Å². The molecule has 4 N–H and O–H groups in total. The fourth-order valence-corrected chi connectivity index (χ4v) is 0.968. The van der Waals surface area contributed by atoms with Gasteiger partial charge in [0.15, 0.2) is 12.4 Å². The highest BCUT2D eigenvalue weighted by Gasteiger charge is 2.42. The predicted molar refractivity (Wildman–Crippen MR) is 34.5 cm³/mol. The first-order valence-electron chi connectivity index (χ1n) is 3.35. The summed E-state index contributed by atoms with van der Waals surface area (Å²) < 4.78 is 4.46. The van der Waals surface area contributed by atoms with E-state index in [-0.39, 0.29) is 0 Å². The molecule has 1 saturated heterocycles. The summed E-state index contributed by atoms with van der Waals surface area (Å²) in [5, 5.41) is 44.2. The highest BCUT2D eigenvalue weighted by atomic mass is 16.6. The lowest BCUT2D eigenvalue weighted by molar-refractivity contribution is -0.269. The molecular formula is C6H9NO5. The smallest absolute Gasteiger partial charge is 0.185 e. The lowest BCUT2D eigenvalue weighted by Crippen LogP contribution is -2.56. The molecule has 0 aromatic heterocycles. The van der Waals surface area contributed by atoms with E-state index in [1.165, 1.54) is 6.07 Å². The molecule has 6 nitrogen and oxygen atoms in total. The zero-order chi connectivity index (χ0) is 9.30. The Morgan fingerprint density at radius 3 is 2.08 bits per heavy atom. The Kier molecular flexibility index (Phi) is 2.62. The number of aliphatic hydroxyl groups is 4. The number of nitriles is 1. The van der Waals surface area contributed by atoms with Crippen molar-refractivity contribution in [3.63, 3.8) is 0 Å². The molecule has 1 aliphatic heterocycles. The van der Waals surface area contributed by atoms with Crippen LogP contribution in [0.4, 0.5) is 0 Å². The molecule has 0 spiro atoms. The second kappa shape index (κ2) is 3.35. The first kappa shape index (κ1) is 9.38. The lowest BCUT2D eigenvalue weighted by Gasteiger charge is -2.35. The van der Waals surface area contributed by atoms with Crippen molar-refractivity contribution in [2.45, 2.75) is 30.7 Å². The first-order chi connectivity index (χ1) is 5.57. The van der Waals surface area contributed by atoms with E-state index >= 15 is 0 Å². The maximum Gasteiger partial charge on any atom is 0.185 e. The number of hydrogen-bond donors (Lipinski definition) is 4. The van der Waals surface area contributed by atoms with Crippen molar-refractivity contribution in [3.05, 3.63) is 0 Å². The van der Waals surface area contributed by atoms with E-state index in [1.54, 1.807) is 0 Å². The molecule has 0 aliphatic carbocycles. The van der Waals surface area contributed by atoms with Gasteiger partial charge in [-0.25, -0.2) is 0 Å². The maximum atomic E-state index is 9.06. The Labute approximate surface area is 68.2 Å². The lowest BCUT2D eigenvalue weighted by atomic mass is 10.00. The van der Waals surface area contributed by atoms with Crippen molar-refractivity contribution in [1.82, 2.24) is 0 Å². The van der Waals surface area contributed by atoms with Gasteiger partial charge in [-0.05, 0) is 0 Å². The van der Waals surface area contributed by atoms with Gasteiger partial charge in [0.05, 0.1) is 6.07 Å². The van der Waals surface area contributed by atoms with E-state index in [0.29, 0.717) is 0 Å². The molecule has 3 unspecified atom stereocenters. The number of rotatable bonds is 0. The van der Waals surface area contributed by atoms with Gasteiger partial charge in [0, 0.05) is 0 Å². The minimum absolute atomic E-state index is 1.31. The van der Waals surface area contributed by atoms with Gasteiger partial charge < -0.3 is 25.2 Å². The number of ether oxygens (including phenoxy) is 1. The summed E-state index contributed by atoms with van der Waals surface area (Å²) in [6, 6.07) is 1.53. The van der Waals surface area contributed by atoms with Crippen molar-refractivity contribution >= 4 is 0 Å². The molecule has 0 aromatic carbocycles. The van der Waals surface area contributed by atoms with Crippen LogP contribution in [0.1, 0.15) is 0 Å². The van der Waals surface area contributed by atoms with Crippen LogP contribution in [-0.2, 0) is 4.74 Å². The topological polar surface area (TPSA) is 114 Å². The fraction of sp³-hybridized carbons (Fsp3) is 0.833. The van der Waals surface area contributed by atoms with E-state index in [1.807, 2.05) is 0 Å². The molecule has 1 aliphatic rings. The van der Waals surface area contributed by atoms with Crippen molar-refractivity contribution in [3.8, 4) is 6.07 Å². The Balaban J connectivity index is 2.72. The van der Waals surface area contributed by atoms with Gasteiger partial charge in [0.1, 0.15) is 18.3 Å². The molecular weight excluding hydrogens is 166 g/mol. The minimum atomic E-state index is -1.63. The monoisotopic (exact) mass is 175 g/mol. The highest BCUT2D eigenvalue weighted by molar-refractivity contribution is 4.99. The third-order valence-electron chi connectivity index (χ3n) is 1.72. The molecule has 1 fully saturated rings. The molecule has 6 heteroatoms. The molecule has 1 rings (SSSR count). The van der Waals surface area contributed by atoms with Gasteiger partial charge in [0.25, 0.3) is 0 Å². The van der Waals surface area contributed by atoms with Crippen LogP contribution >= 0.6 is 0 Å². The summed E-state index contributed by atoms with van der Waals surface area (Å²) in [5.74, 6) is 0. The molecule has 0 aromatic rings. The molecule has 12 heavy (non-hydrogen) atoms. The molecule has 0 bridgehead atoms. The first-order valence-corrected chi connectivity index (χ1v) is 3.35.